The SMILES string of the molecule is CC.Fc1[c-]cc(-c2cccnc2)cn1.[CH3-].[Y]. The molecule has 0 amide bonds. The molecule has 17 heavy (non-hydrogen) atoms. The quantitative estimate of drug-likeness (QED) is 0.595. The summed E-state index contributed by atoms with van der Waals surface area (Å²) >= 11 is 0. The summed E-state index contributed by atoms with van der Waals surface area (Å²) in [6.45, 7) is 4.00. The number of pyridine rings is 2. The van der Waals surface area contributed by atoms with Crippen molar-refractivity contribution in [1.29, 1.82) is 0 Å². The van der Waals surface area contributed by atoms with Gasteiger partial charge in [0.15, 0.2) is 0 Å². The summed E-state index contributed by atoms with van der Waals surface area (Å²) < 4.78 is 12.4. The standard InChI is InChI=1S/C10H6FN2.C2H6.CH3.Y/c11-10-4-3-9(7-13-10)8-2-1-5-12-6-8;1-2;;/h1-3,5-7H;1-2H3;1H3;/q-1;;-1;. The van der Waals surface area contributed by atoms with Crippen LogP contribution in [0.25, 0.3) is 11.1 Å². The van der Waals surface area contributed by atoms with Crippen molar-refractivity contribution in [2.75, 3.05) is 0 Å². The average molecular weight is 307 g/mol. The van der Waals surface area contributed by atoms with Crippen LogP contribution in [-0.2, 0) is 32.7 Å². The van der Waals surface area contributed by atoms with Gasteiger partial charge in [-0.25, -0.2) is 10.5 Å². The molecule has 0 N–H and O–H groups in total. The molecular weight excluding hydrogens is 292 g/mol. The van der Waals surface area contributed by atoms with Gasteiger partial charge in [0, 0.05) is 45.1 Å². The number of nitrogens with zero attached hydrogens (tertiary/aromatic N) is 2. The summed E-state index contributed by atoms with van der Waals surface area (Å²) in [4.78, 5) is 7.45. The minimum absolute atomic E-state index is 0. The van der Waals surface area contributed by atoms with Crippen molar-refractivity contribution in [2.24, 2.45) is 0 Å². The van der Waals surface area contributed by atoms with Crippen molar-refractivity contribution in [3.63, 3.8) is 0 Å². The summed E-state index contributed by atoms with van der Waals surface area (Å²) in [5, 5.41) is 0. The van der Waals surface area contributed by atoms with Gasteiger partial charge in [-0.15, -0.1) is 5.56 Å². The predicted octanol–water partition coefficient (Wildman–Crippen LogP) is 3.56. The molecule has 0 bridgehead atoms. The largest absolute Gasteiger partial charge is 0.358 e. The molecule has 0 aliphatic rings. The zero-order valence-corrected chi connectivity index (χ0v) is 13.2. The van der Waals surface area contributed by atoms with Crippen LogP contribution in [0.1, 0.15) is 13.8 Å². The third kappa shape index (κ3) is 5.99. The molecule has 2 aromatic rings. The Bertz CT molecular complexity index is 390. The maximum Gasteiger partial charge on any atom is 0.120 e. The van der Waals surface area contributed by atoms with Crippen LogP contribution in [0.2, 0.25) is 0 Å². The first-order valence-corrected chi connectivity index (χ1v) is 4.80. The van der Waals surface area contributed by atoms with E-state index in [0.29, 0.717) is 0 Å². The molecule has 0 aliphatic carbocycles. The van der Waals surface area contributed by atoms with Crippen LogP contribution < -0.4 is 0 Å². The van der Waals surface area contributed by atoms with Crippen molar-refractivity contribution >= 4 is 0 Å². The summed E-state index contributed by atoms with van der Waals surface area (Å²) in [7, 11) is 0. The van der Waals surface area contributed by atoms with Gasteiger partial charge < -0.3 is 7.43 Å². The van der Waals surface area contributed by atoms with Crippen molar-refractivity contribution in [3.8, 4) is 11.1 Å². The normalized spacial score (nSPS) is 7.94. The molecule has 2 heterocycles. The van der Waals surface area contributed by atoms with Gasteiger partial charge in [-0.1, -0.05) is 25.5 Å². The van der Waals surface area contributed by atoms with Gasteiger partial charge in [-0.3, -0.25) is 9.97 Å². The van der Waals surface area contributed by atoms with Crippen molar-refractivity contribution in [2.45, 2.75) is 13.8 Å². The molecule has 0 aromatic carbocycles. The van der Waals surface area contributed by atoms with E-state index in [1.165, 1.54) is 6.20 Å². The van der Waals surface area contributed by atoms with Crippen LogP contribution in [0.5, 0.6) is 0 Å². The van der Waals surface area contributed by atoms with Gasteiger partial charge in [-0.05, 0) is 12.3 Å². The minimum atomic E-state index is -0.590. The van der Waals surface area contributed by atoms with E-state index in [2.05, 4.69) is 16.0 Å². The van der Waals surface area contributed by atoms with Gasteiger partial charge in [0.1, 0.15) is 5.95 Å². The molecule has 2 aromatic heterocycles. The van der Waals surface area contributed by atoms with Crippen molar-refractivity contribution in [1.82, 2.24) is 9.97 Å². The van der Waals surface area contributed by atoms with Gasteiger partial charge in [-0.2, -0.15) is 6.07 Å². The van der Waals surface area contributed by atoms with Crippen LogP contribution in [0, 0.1) is 19.4 Å². The first kappa shape index (κ1) is 18.7. The molecule has 1 radical (unpaired) electrons. The van der Waals surface area contributed by atoms with E-state index in [4.69, 9.17) is 0 Å². The van der Waals surface area contributed by atoms with Crippen LogP contribution >= 0.6 is 0 Å². The summed E-state index contributed by atoms with van der Waals surface area (Å²) in [5.74, 6) is -0.590. The number of rotatable bonds is 1. The van der Waals surface area contributed by atoms with E-state index < -0.39 is 5.95 Å². The fraction of sp³-hybridized carbons (Fsp3) is 0.154. The van der Waals surface area contributed by atoms with Gasteiger partial charge in [0.25, 0.3) is 0 Å². The number of hydrogen-bond donors (Lipinski definition) is 0. The first-order chi connectivity index (χ1) is 7.36. The van der Waals surface area contributed by atoms with Gasteiger partial charge >= 0.3 is 0 Å². The van der Waals surface area contributed by atoms with Crippen LogP contribution in [-0.4, -0.2) is 9.97 Å². The fourth-order valence-corrected chi connectivity index (χ4v) is 1.03. The second-order valence-corrected chi connectivity index (χ2v) is 2.53. The van der Waals surface area contributed by atoms with Crippen LogP contribution in [0.4, 0.5) is 4.39 Å². The Kier molecular flexibility index (Phi) is 11.5. The average Bonchev–Trinajstić information content (AvgIpc) is 2.34. The van der Waals surface area contributed by atoms with Gasteiger partial charge in [0.05, 0.1) is 0 Å². The molecular formula is C13H15FN2Y-2. The Morgan fingerprint density at radius 3 is 2.35 bits per heavy atom. The predicted molar refractivity (Wildman–Crippen MR) is 64.0 cm³/mol. The molecule has 0 saturated carbocycles. The van der Waals surface area contributed by atoms with E-state index >= 15 is 0 Å². The molecule has 0 saturated heterocycles. The maximum atomic E-state index is 12.4. The Hall–Kier alpha value is -0.666. The topological polar surface area (TPSA) is 25.8 Å². The number of halogens is 1. The van der Waals surface area contributed by atoms with Crippen molar-refractivity contribution in [3.05, 3.63) is 56.2 Å². The van der Waals surface area contributed by atoms with Gasteiger partial charge in [0.2, 0.25) is 0 Å². The molecule has 0 fully saturated rings. The molecule has 0 atom stereocenters. The Morgan fingerprint density at radius 2 is 1.88 bits per heavy atom. The molecule has 4 heteroatoms. The third-order valence-corrected chi connectivity index (χ3v) is 1.66. The maximum absolute atomic E-state index is 12.4. The summed E-state index contributed by atoms with van der Waals surface area (Å²) in [6, 6.07) is 7.65. The van der Waals surface area contributed by atoms with Crippen LogP contribution in [0.3, 0.4) is 0 Å². The molecule has 2 nitrogen and oxygen atoms in total. The number of hydrogen-bond acceptors (Lipinski definition) is 2. The van der Waals surface area contributed by atoms with E-state index in [1.807, 2.05) is 26.0 Å². The zero-order valence-electron chi connectivity index (χ0n) is 10.3. The molecule has 0 aliphatic heterocycles. The Labute approximate surface area is 128 Å². The van der Waals surface area contributed by atoms with E-state index in [0.717, 1.165) is 11.1 Å². The zero-order chi connectivity index (χ0) is 11.1. The van der Waals surface area contributed by atoms with E-state index in [1.54, 1.807) is 18.5 Å². The second kappa shape index (κ2) is 10.5. The van der Waals surface area contributed by atoms with E-state index in [9.17, 15) is 4.39 Å². The molecule has 89 valence electrons. The molecule has 0 unspecified atom stereocenters. The number of aromatic nitrogens is 2. The molecule has 0 spiro atoms. The molecule has 2 rings (SSSR count). The van der Waals surface area contributed by atoms with Crippen LogP contribution in [0.15, 0.2) is 36.8 Å². The Morgan fingerprint density at radius 1 is 1.18 bits per heavy atom. The Balaban J connectivity index is 0. The van der Waals surface area contributed by atoms with E-state index in [-0.39, 0.29) is 40.1 Å². The minimum Gasteiger partial charge on any atom is -0.358 e. The fourth-order valence-electron chi connectivity index (χ4n) is 1.03. The monoisotopic (exact) mass is 307 g/mol. The summed E-state index contributed by atoms with van der Waals surface area (Å²) in [6.07, 6.45) is 4.84. The third-order valence-electron chi connectivity index (χ3n) is 1.66. The first-order valence-electron chi connectivity index (χ1n) is 4.80. The smallest absolute Gasteiger partial charge is 0.120 e. The second-order valence-electron chi connectivity index (χ2n) is 2.53. The van der Waals surface area contributed by atoms with Crippen molar-refractivity contribution < 1.29 is 37.1 Å². The summed E-state index contributed by atoms with van der Waals surface area (Å²) in [5.41, 5.74) is 1.72.